The van der Waals surface area contributed by atoms with Gasteiger partial charge in [-0.2, -0.15) is 0 Å². The number of para-hydroxylation sites is 4. The van der Waals surface area contributed by atoms with Crippen LogP contribution in [-0.2, 0) is 10.8 Å². The summed E-state index contributed by atoms with van der Waals surface area (Å²) in [6.07, 6.45) is 0. The van der Waals surface area contributed by atoms with Gasteiger partial charge < -0.3 is 9.32 Å². The van der Waals surface area contributed by atoms with E-state index >= 15 is 0 Å². The largest absolute Gasteiger partial charge is 0.456 e. The van der Waals surface area contributed by atoms with Crippen LogP contribution >= 0.6 is 0 Å². The molecule has 0 aliphatic rings. The highest BCUT2D eigenvalue weighted by Crippen LogP contribution is 2.50. The van der Waals surface area contributed by atoms with E-state index in [9.17, 15) is 0 Å². The lowest BCUT2D eigenvalue weighted by molar-refractivity contribution is 0.569. The third kappa shape index (κ3) is 7.06. The van der Waals surface area contributed by atoms with E-state index in [4.69, 9.17) is 4.42 Å². The maximum Gasteiger partial charge on any atom is 0.135 e. The molecule has 10 aromatic rings. The van der Waals surface area contributed by atoms with Crippen LogP contribution in [0.25, 0.3) is 77.2 Å². The molecule has 0 radical (unpaired) electrons. The second kappa shape index (κ2) is 15.4. The van der Waals surface area contributed by atoms with Crippen molar-refractivity contribution in [2.45, 2.75) is 52.4 Å². The molecule has 0 bridgehead atoms. The molecule has 2 nitrogen and oxygen atoms in total. The van der Waals surface area contributed by atoms with Crippen molar-refractivity contribution in [3.8, 4) is 44.5 Å². The van der Waals surface area contributed by atoms with Crippen molar-refractivity contribution in [2.75, 3.05) is 4.90 Å². The fourth-order valence-corrected chi connectivity index (χ4v) is 9.08. The van der Waals surface area contributed by atoms with E-state index in [-0.39, 0.29) is 10.8 Å². The second-order valence-corrected chi connectivity index (χ2v) is 18.6. The van der Waals surface area contributed by atoms with Gasteiger partial charge in [0.1, 0.15) is 11.2 Å². The number of fused-ring (bicyclic) bond motifs is 4. The lowest BCUT2D eigenvalue weighted by atomic mass is 9.78. The van der Waals surface area contributed by atoms with E-state index in [0.29, 0.717) is 0 Å². The van der Waals surface area contributed by atoms with Crippen LogP contribution in [0, 0.1) is 0 Å². The maximum atomic E-state index is 6.30. The molecular weight excluding hydrogens is 751 g/mol. The maximum absolute atomic E-state index is 6.30. The van der Waals surface area contributed by atoms with Gasteiger partial charge in [0.15, 0.2) is 0 Å². The number of hydrogen-bond donors (Lipinski definition) is 0. The predicted molar refractivity (Wildman–Crippen MR) is 265 cm³/mol. The van der Waals surface area contributed by atoms with E-state index in [0.717, 1.165) is 66.8 Å². The van der Waals surface area contributed by atoms with Gasteiger partial charge in [0.05, 0.1) is 17.1 Å². The molecule has 62 heavy (non-hydrogen) atoms. The lowest BCUT2D eigenvalue weighted by Crippen LogP contribution is -2.16. The van der Waals surface area contributed by atoms with E-state index in [2.05, 4.69) is 234 Å². The fraction of sp³-hybridized carbons (Fsp3) is 0.133. The Kier molecular flexibility index (Phi) is 9.68. The van der Waals surface area contributed by atoms with Crippen molar-refractivity contribution in [1.29, 1.82) is 0 Å². The van der Waals surface area contributed by atoms with Crippen molar-refractivity contribution in [2.24, 2.45) is 0 Å². The summed E-state index contributed by atoms with van der Waals surface area (Å²) in [5.41, 5.74) is 17.1. The second-order valence-electron chi connectivity index (χ2n) is 18.6. The van der Waals surface area contributed by atoms with Gasteiger partial charge in [-0.25, -0.2) is 0 Å². The standard InChI is InChI=1S/C60H51NO/c1-59(2,3)44-36-43(37-45(39-44)60(4,5)6)48-28-18-22-41-23-19-29-51(58(41)48)49-26-12-16-32-55(49)61(53-30-14-10-24-46(53)40-20-8-7-9-21-40)54-31-15-11-25-47(54)42-34-35-57-52(38-42)50-27-13-17-33-56(50)62-57/h7-39H,1-6H3. The average molecular weight is 802 g/mol. The number of hydrogen-bond acceptors (Lipinski definition) is 2. The van der Waals surface area contributed by atoms with Crippen LogP contribution in [0.2, 0.25) is 0 Å². The number of anilines is 3. The molecule has 0 saturated carbocycles. The molecule has 0 amide bonds. The van der Waals surface area contributed by atoms with Crippen molar-refractivity contribution in [1.82, 2.24) is 0 Å². The Morgan fingerprint density at radius 3 is 1.48 bits per heavy atom. The topological polar surface area (TPSA) is 16.4 Å². The van der Waals surface area contributed by atoms with Crippen LogP contribution in [0.5, 0.6) is 0 Å². The molecule has 0 spiro atoms. The van der Waals surface area contributed by atoms with Crippen molar-refractivity contribution < 1.29 is 4.42 Å². The Labute approximate surface area is 365 Å². The fourth-order valence-electron chi connectivity index (χ4n) is 9.08. The zero-order chi connectivity index (χ0) is 42.6. The van der Waals surface area contributed by atoms with Gasteiger partial charge >= 0.3 is 0 Å². The molecular formula is C60H51NO. The Balaban J connectivity index is 1.25. The molecule has 0 saturated heterocycles. The molecule has 2 heteroatoms. The smallest absolute Gasteiger partial charge is 0.135 e. The Bertz CT molecular complexity index is 3230. The van der Waals surface area contributed by atoms with Gasteiger partial charge in [-0.3, -0.25) is 0 Å². The average Bonchev–Trinajstić information content (AvgIpc) is 3.67. The third-order valence-corrected chi connectivity index (χ3v) is 12.4. The van der Waals surface area contributed by atoms with E-state index in [1.54, 1.807) is 0 Å². The van der Waals surface area contributed by atoms with Crippen LogP contribution in [0.4, 0.5) is 17.1 Å². The predicted octanol–water partition coefficient (Wildman–Crippen LogP) is 17.5. The first kappa shape index (κ1) is 39.0. The highest BCUT2D eigenvalue weighted by molar-refractivity contribution is 6.10. The van der Waals surface area contributed by atoms with Crippen LogP contribution in [0.3, 0.4) is 0 Å². The zero-order valence-corrected chi connectivity index (χ0v) is 36.4. The summed E-state index contributed by atoms with van der Waals surface area (Å²) in [4.78, 5) is 2.49. The Morgan fingerprint density at radius 1 is 0.339 bits per heavy atom. The minimum absolute atomic E-state index is 0.00863. The number of furan rings is 1. The SMILES string of the molecule is CC(C)(C)c1cc(-c2cccc3cccc(-c4ccccc4N(c4ccccc4-c4ccccc4)c4ccccc4-c4ccc5oc6ccccc6c5c4)c23)cc(C(C)(C)C)c1. The van der Waals surface area contributed by atoms with E-state index in [1.165, 1.54) is 38.6 Å². The van der Waals surface area contributed by atoms with Gasteiger partial charge in [-0.1, -0.05) is 205 Å². The van der Waals surface area contributed by atoms with Gasteiger partial charge in [0.25, 0.3) is 0 Å². The number of rotatable bonds is 7. The molecule has 1 heterocycles. The molecule has 9 aromatic carbocycles. The summed E-state index contributed by atoms with van der Waals surface area (Å²) in [7, 11) is 0. The zero-order valence-electron chi connectivity index (χ0n) is 36.4. The molecule has 1 aromatic heterocycles. The minimum Gasteiger partial charge on any atom is -0.456 e. The number of benzene rings is 9. The summed E-state index contributed by atoms with van der Waals surface area (Å²) in [5.74, 6) is 0. The highest BCUT2D eigenvalue weighted by atomic mass is 16.3. The van der Waals surface area contributed by atoms with Crippen molar-refractivity contribution in [3.63, 3.8) is 0 Å². The molecule has 10 rings (SSSR count). The van der Waals surface area contributed by atoms with E-state index < -0.39 is 0 Å². The molecule has 0 fully saturated rings. The van der Waals surface area contributed by atoms with Crippen LogP contribution in [0.15, 0.2) is 205 Å². The first-order valence-electron chi connectivity index (χ1n) is 21.8. The van der Waals surface area contributed by atoms with E-state index in [1.807, 2.05) is 12.1 Å². The first-order valence-corrected chi connectivity index (χ1v) is 21.8. The van der Waals surface area contributed by atoms with Crippen LogP contribution in [-0.4, -0.2) is 0 Å². The van der Waals surface area contributed by atoms with Gasteiger partial charge in [0, 0.05) is 27.5 Å². The summed E-state index contributed by atoms with van der Waals surface area (Å²) < 4.78 is 6.30. The molecule has 302 valence electrons. The van der Waals surface area contributed by atoms with Crippen molar-refractivity contribution in [3.05, 3.63) is 211 Å². The van der Waals surface area contributed by atoms with Crippen LogP contribution in [0.1, 0.15) is 52.7 Å². The number of nitrogens with zero attached hydrogens (tertiary/aromatic N) is 1. The Hall–Kier alpha value is -7.16. The summed E-state index contributed by atoms with van der Waals surface area (Å²) in [5, 5.41) is 4.69. The van der Waals surface area contributed by atoms with Crippen molar-refractivity contribution >= 4 is 49.8 Å². The highest BCUT2D eigenvalue weighted by Gasteiger charge is 2.26. The molecule has 0 atom stereocenters. The quantitative estimate of drug-likeness (QED) is 0.160. The summed E-state index contributed by atoms with van der Waals surface area (Å²) in [6, 6.07) is 73.1. The van der Waals surface area contributed by atoms with Gasteiger partial charge in [-0.05, 0) is 96.9 Å². The molecule has 0 unspecified atom stereocenters. The molecule has 0 aliphatic carbocycles. The monoisotopic (exact) mass is 801 g/mol. The van der Waals surface area contributed by atoms with Crippen LogP contribution < -0.4 is 4.90 Å². The summed E-state index contributed by atoms with van der Waals surface area (Å²) in [6.45, 7) is 13.9. The van der Waals surface area contributed by atoms with Gasteiger partial charge in [0.2, 0.25) is 0 Å². The third-order valence-electron chi connectivity index (χ3n) is 12.4. The Morgan fingerprint density at radius 2 is 0.839 bits per heavy atom. The molecule has 0 aliphatic heterocycles. The van der Waals surface area contributed by atoms with Gasteiger partial charge in [-0.15, -0.1) is 0 Å². The first-order chi connectivity index (χ1) is 30.0. The summed E-state index contributed by atoms with van der Waals surface area (Å²) >= 11 is 0. The minimum atomic E-state index is -0.00863. The normalized spacial score (nSPS) is 12.0. The molecule has 0 N–H and O–H groups in total. The lowest BCUT2D eigenvalue weighted by Gasteiger charge is -2.32.